The number of hydrogen-bond acceptors (Lipinski definition) is 2. The van der Waals surface area contributed by atoms with Crippen molar-refractivity contribution >= 4 is 10.0 Å². The van der Waals surface area contributed by atoms with Crippen LogP contribution in [0.4, 0.5) is 0 Å². The number of benzene rings is 2. The summed E-state index contributed by atoms with van der Waals surface area (Å²) >= 11 is 0. The SMILES string of the molecule is CC(C)c1cc(C(C)C)c(S(=O)(=O)NC(C)C([NH3+])c2ccccc2)c(C(C)C)c1. The minimum Gasteiger partial charge on any atom is -0.350 e. The van der Waals surface area contributed by atoms with Gasteiger partial charge in [-0.25, -0.2) is 13.1 Å². The molecule has 0 amide bonds. The number of sulfonamides is 1. The summed E-state index contributed by atoms with van der Waals surface area (Å²) in [6.45, 7) is 14.4. The van der Waals surface area contributed by atoms with Gasteiger partial charge in [0.15, 0.2) is 0 Å². The van der Waals surface area contributed by atoms with Gasteiger partial charge in [-0.1, -0.05) is 84.0 Å². The van der Waals surface area contributed by atoms with Crippen LogP contribution in [-0.4, -0.2) is 14.5 Å². The molecule has 0 bridgehead atoms. The molecule has 0 saturated heterocycles. The Balaban J connectivity index is 2.53. The van der Waals surface area contributed by atoms with Gasteiger partial charge in [0.05, 0.1) is 10.9 Å². The van der Waals surface area contributed by atoms with Gasteiger partial charge >= 0.3 is 0 Å². The average molecular weight is 418 g/mol. The van der Waals surface area contributed by atoms with Crippen molar-refractivity contribution < 1.29 is 14.2 Å². The number of rotatable bonds is 8. The van der Waals surface area contributed by atoms with E-state index in [-0.39, 0.29) is 23.9 Å². The zero-order valence-corrected chi connectivity index (χ0v) is 19.7. The Morgan fingerprint density at radius 2 is 1.24 bits per heavy atom. The van der Waals surface area contributed by atoms with Crippen molar-refractivity contribution in [2.24, 2.45) is 0 Å². The molecule has 0 spiro atoms. The second kappa shape index (κ2) is 9.41. The van der Waals surface area contributed by atoms with E-state index in [1.807, 2.05) is 37.3 Å². The first kappa shape index (κ1) is 23.6. The van der Waals surface area contributed by atoms with Crippen LogP contribution in [0.25, 0.3) is 0 Å². The first-order chi connectivity index (χ1) is 13.5. The van der Waals surface area contributed by atoms with Crippen molar-refractivity contribution in [1.82, 2.24) is 4.72 Å². The Morgan fingerprint density at radius 1 is 0.759 bits per heavy atom. The Hall–Kier alpha value is -1.69. The highest BCUT2D eigenvalue weighted by Gasteiger charge is 2.30. The molecule has 4 N–H and O–H groups in total. The summed E-state index contributed by atoms with van der Waals surface area (Å²) in [6, 6.07) is 13.5. The van der Waals surface area contributed by atoms with Crippen LogP contribution in [0.15, 0.2) is 47.4 Å². The lowest BCUT2D eigenvalue weighted by molar-refractivity contribution is -0.431. The predicted octanol–water partition coefficient (Wildman–Crippen LogP) is 4.71. The molecule has 0 aliphatic heterocycles. The molecule has 4 nitrogen and oxygen atoms in total. The van der Waals surface area contributed by atoms with Gasteiger partial charge in [-0.15, -0.1) is 0 Å². The standard InChI is InChI=1S/C24H36N2O2S/c1-15(2)20-13-21(16(3)4)24(22(14-20)17(5)6)29(27,28)26-18(7)23(25)19-11-9-8-10-12-19/h8-18,23,26H,25H2,1-7H3/p+1. The van der Waals surface area contributed by atoms with Crippen LogP contribution in [0.3, 0.4) is 0 Å². The maximum atomic E-state index is 13.6. The van der Waals surface area contributed by atoms with Gasteiger partial charge in [-0.2, -0.15) is 0 Å². The lowest BCUT2D eigenvalue weighted by Crippen LogP contribution is -2.61. The quantitative estimate of drug-likeness (QED) is 0.653. The molecule has 160 valence electrons. The van der Waals surface area contributed by atoms with Gasteiger partial charge in [-0.3, -0.25) is 0 Å². The number of quaternary nitrogens is 1. The van der Waals surface area contributed by atoms with Crippen LogP contribution in [0.2, 0.25) is 0 Å². The molecule has 0 heterocycles. The minimum atomic E-state index is -3.70. The molecule has 0 fully saturated rings. The summed E-state index contributed by atoms with van der Waals surface area (Å²) in [7, 11) is -3.70. The largest absolute Gasteiger partial charge is 0.350 e. The summed E-state index contributed by atoms with van der Waals surface area (Å²) in [5, 5.41) is 0. The van der Waals surface area contributed by atoms with Crippen LogP contribution in [-0.2, 0) is 10.0 Å². The van der Waals surface area contributed by atoms with Crippen LogP contribution in [0.5, 0.6) is 0 Å². The molecule has 0 saturated carbocycles. The Kier molecular flexibility index (Phi) is 7.66. The summed E-state index contributed by atoms with van der Waals surface area (Å²) in [5.74, 6) is 0.562. The lowest BCUT2D eigenvalue weighted by atomic mass is 9.89. The second-order valence-corrected chi connectivity index (χ2v) is 10.6. The third-order valence-electron chi connectivity index (χ3n) is 5.52. The van der Waals surface area contributed by atoms with Gasteiger partial charge in [-0.05, 0) is 41.4 Å². The van der Waals surface area contributed by atoms with Crippen molar-refractivity contribution in [3.63, 3.8) is 0 Å². The maximum Gasteiger partial charge on any atom is 0.241 e. The zero-order valence-electron chi connectivity index (χ0n) is 18.9. The molecule has 0 aliphatic rings. The van der Waals surface area contributed by atoms with E-state index in [1.165, 1.54) is 5.56 Å². The first-order valence-electron chi connectivity index (χ1n) is 10.5. The fourth-order valence-electron chi connectivity index (χ4n) is 3.57. The fourth-order valence-corrected chi connectivity index (χ4v) is 5.56. The van der Waals surface area contributed by atoms with E-state index < -0.39 is 10.0 Å². The smallest absolute Gasteiger partial charge is 0.241 e. The number of hydrogen-bond donors (Lipinski definition) is 2. The Labute approximate surface area is 177 Å². The van der Waals surface area contributed by atoms with Gasteiger partial charge in [0, 0.05) is 5.56 Å². The average Bonchev–Trinajstić information content (AvgIpc) is 2.66. The van der Waals surface area contributed by atoms with Gasteiger partial charge in [0.1, 0.15) is 6.04 Å². The van der Waals surface area contributed by atoms with E-state index in [9.17, 15) is 8.42 Å². The monoisotopic (exact) mass is 417 g/mol. The molecule has 2 rings (SSSR count). The van der Waals surface area contributed by atoms with Crippen LogP contribution < -0.4 is 10.5 Å². The predicted molar refractivity (Wildman–Crippen MR) is 121 cm³/mol. The van der Waals surface area contributed by atoms with Crippen molar-refractivity contribution in [2.45, 2.75) is 83.2 Å². The van der Waals surface area contributed by atoms with Crippen molar-refractivity contribution in [2.75, 3.05) is 0 Å². The van der Waals surface area contributed by atoms with Crippen molar-refractivity contribution in [1.29, 1.82) is 0 Å². The summed E-state index contributed by atoms with van der Waals surface area (Å²) < 4.78 is 30.1. The van der Waals surface area contributed by atoms with Gasteiger partial charge in [0.25, 0.3) is 0 Å². The van der Waals surface area contributed by atoms with E-state index >= 15 is 0 Å². The van der Waals surface area contributed by atoms with Crippen molar-refractivity contribution in [3.8, 4) is 0 Å². The third kappa shape index (κ3) is 5.47. The topological polar surface area (TPSA) is 73.8 Å². The minimum absolute atomic E-state index is 0.109. The zero-order chi connectivity index (χ0) is 21.9. The fraction of sp³-hybridized carbons (Fsp3) is 0.500. The molecule has 2 aromatic rings. The Morgan fingerprint density at radius 3 is 1.66 bits per heavy atom. The van der Waals surface area contributed by atoms with Crippen LogP contribution in [0.1, 0.15) is 94.5 Å². The first-order valence-corrected chi connectivity index (χ1v) is 12.0. The third-order valence-corrected chi connectivity index (χ3v) is 7.21. The molecule has 2 atom stereocenters. The van der Waals surface area contributed by atoms with Crippen molar-refractivity contribution in [3.05, 3.63) is 64.7 Å². The normalized spacial score (nSPS) is 14.6. The molecule has 5 heteroatoms. The van der Waals surface area contributed by atoms with E-state index in [0.29, 0.717) is 10.8 Å². The molecule has 0 aromatic heterocycles. The maximum absolute atomic E-state index is 13.6. The highest BCUT2D eigenvalue weighted by atomic mass is 32.2. The van der Waals surface area contributed by atoms with E-state index in [4.69, 9.17) is 0 Å². The molecule has 2 unspecified atom stereocenters. The van der Waals surface area contributed by atoms with Gasteiger partial charge < -0.3 is 5.73 Å². The van der Waals surface area contributed by atoms with Crippen LogP contribution >= 0.6 is 0 Å². The highest BCUT2D eigenvalue weighted by Crippen LogP contribution is 2.35. The van der Waals surface area contributed by atoms with E-state index in [1.54, 1.807) is 0 Å². The van der Waals surface area contributed by atoms with Gasteiger partial charge in [0.2, 0.25) is 10.0 Å². The van der Waals surface area contributed by atoms with E-state index in [2.05, 4.69) is 64.1 Å². The highest BCUT2D eigenvalue weighted by molar-refractivity contribution is 7.89. The van der Waals surface area contributed by atoms with E-state index in [0.717, 1.165) is 16.7 Å². The molecular formula is C24H37N2O2S+. The Bertz CT molecular complexity index is 890. The molecular weight excluding hydrogens is 380 g/mol. The molecule has 29 heavy (non-hydrogen) atoms. The van der Waals surface area contributed by atoms with Crippen LogP contribution in [0, 0.1) is 0 Å². The molecule has 0 radical (unpaired) electrons. The number of nitrogens with one attached hydrogen (secondary N) is 1. The molecule has 2 aromatic carbocycles. The summed E-state index contributed by atoms with van der Waals surface area (Å²) in [4.78, 5) is 0.444. The summed E-state index contributed by atoms with van der Waals surface area (Å²) in [5.41, 5.74) is 8.19. The lowest BCUT2D eigenvalue weighted by Gasteiger charge is -2.25. The summed E-state index contributed by atoms with van der Waals surface area (Å²) in [6.07, 6.45) is 0. The second-order valence-electron chi connectivity index (χ2n) is 8.92. The molecule has 0 aliphatic carbocycles.